The van der Waals surface area contributed by atoms with Crippen molar-refractivity contribution in [2.45, 2.75) is 0 Å². The van der Waals surface area contributed by atoms with Gasteiger partial charge in [-0.15, -0.1) is 4.99 Å². The minimum atomic E-state index is -1.90. The second kappa shape index (κ2) is 5.28. The molecule has 0 aliphatic heterocycles. The third-order valence-corrected chi connectivity index (χ3v) is 2.02. The lowest BCUT2D eigenvalue weighted by molar-refractivity contribution is 0.544. The average Bonchev–Trinajstić information content (AvgIpc) is 2.17. The van der Waals surface area contributed by atoms with E-state index in [0.717, 1.165) is 0 Å². The summed E-state index contributed by atoms with van der Waals surface area (Å²) in [5.41, 5.74) is 0. The molecule has 0 aromatic heterocycles. The first kappa shape index (κ1) is 12.2. The highest BCUT2D eigenvalue weighted by molar-refractivity contribution is 7.93. The number of nitriles is 1. The fourth-order valence-electron chi connectivity index (χ4n) is 0.894. The molecule has 0 fully saturated rings. The average molecular weight is 236 g/mol. The third kappa shape index (κ3) is 4.57. The second-order valence-electron chi connectivity index (χ2n) is 3.27. The van der Waals surface area contributed by atoms with Crippen molar-refractivity contribution in [2.24, 2.45) is 9.36 Å². The summed E-state index contributed by atoms with van der Waals surface area (Å²) in [6, 6.07) is 8.85. The largest absolute Gasteiger partial charge is 0.423 e. The summed E-state index contributed by atoms with van der Waals surface area (Å²) in [7, 11) is -1.90. The van der Waals surface area contributed by atoms with Gasteiger partial charge in [-0.3, -0.25) is 4.78 Å². The van der Waals surface area contributed by atoms with Gasteiger partial charge in [-0.2, -0.15) is 9.62 Å². The minimum absolute atomic E-state index is 0.0660. The van der Waals surface area contributed by atoms with Crippen molar-refractivity contribution < 1.29 is 4.74 Å². The maximum absolute atomic E-state index is 8.48. The molecule has 0 saturated carbocycles. The van der Waals surface area contributed by atoms with Gasteiger partial charge >= 0.3 is 6.02 Å². The molecule has 0 spiro atoms. The summed E-state index contributed by atoms with van der Waals surface area (Å²) in [4.78, 5) is 3.44. The molecule has 1 aromatic carbocycles. The number of ether oxygens (including phenoxy) is 1. The normalized spacial score (nSPS) is 11.7. The van der Waals surface area contributed by atoms with Crippen LogP contribution in [0, 0.1) is 16.2 Å². The molecule has 0 aliphatic carbocycles. The molecule has 5 nitrogen and oxygen atoms in total. The van der Waals surface area contributed by atoms with Crippen LogP contribution in [0.25, 0.3) is 0 Å². The molecule has 0 aliphatic rings. The minimum Gasteiger partial charge on any atom is -0.423 e. The molecule has 16 heavy (non-hydrogen) atoms. The van der Waals surface area contributed by atoms with Gasteiger partial charge < -0.3 is 4.74 Å². The summed E-state index contributed by atoms with van der Waals surface area (Å²) in [6.07, 6.45) is 4.93. The first-order chi connectivity index (χ1) is 7.51. The molecule has 1 aromatic rings. The van der Waals surface area contributed by atoms with Gasteiger partial charge in [0.05, 0.1) is 0 Å². The molecule has 0 heterocycles. The highest BCUT2D eigenvalue weighted by atomic mass is 32.2. The zero-order valence-corrected chi connectivity index (χ0v) is 9.86. The van der Waals surface area contributed by atoms with Gasteiger partial charge in [-0.1, -0.05) is 27.8 Å². The van der Waals surface area contributed by atoms with Gasteiger partial charge in [0.25, 0.3) is 0 Å². The van der Waals surface area contributed by atoms with E-state index in [1.165, 1.54) is 0 Å². The van der Waals surface area contributed by atoms with E-state index in [2.05, 4.69) is 9.36 Å². The molecular weight excluding hydrogens is 224 g/mol. The molecule has 0 saturated heterocycles. The molecule has 0 unspecified atom stereocenters. The Morgan fingerprint density at radius 2 is 2.00 bits per heavy atom. The molecule has 1 N–H and O–H groups in total. The van der Waals surface area contributed by atoms with Crippen LogP contribution >= 0.6 is 0 Å². The van der Waals surface area contributed by atoms with Gasteiger partial charge in [-0.05, 0) is 12.1 Å². The Morgan fingerprint density at radius 1 is 1.38 bits per heavy atom. The molecule has 1 rings (SSSR count). The fourth-order valence-corrected chi connectivity index (χ4v) is 1.36. The maximum Gasteiger partial charge on any atom is 0.339 e. The van der Waals surface area contributed by atoms with Crippen molar-refractivity contribution in [3.05, 3.63) is 30.3 Å². The summed E-state index contributed by atoms with van der Waals surface area (Å²) in [5, 5.41) is 8.48. The summed E-state index contributed by atoms with van der Waals surface area (Å²) in [5.74, 6) is 0.545. The number of rotatable bonds is 1. The van der Waals surface area contributed by atoms with Crippen LogP contribution in [0.3, 0.4) is 0 Å². The summed E-state index contributed by atoms with van der Waals surface area (Å²) in [6.45, 7) is 0. The van der Waals surface area contributed by atoms with Crippen molar-refractivity contribution in [2.75, 3.05) is 12.5 Å². The summed E-state index contributed by atoms with van der Waals surface area (Å²) < 4.78 is 16.9. The monoisotopic (exact) mass is 236 g/mol. The van der Waals surface area contributed by atoms with Gasteiger partial charge in [0, 0.05) is 12.5 Å². The first-order valence-electron chi connectivity index (χ1n) is 4.42. The quantitative estimate of drug-likeness (QED) is 0.461. The number of nitrogens with zero attached hydrogens (tertiary/aromatic N) is 3. The van der Waals surface area contributed by atoms with Crippen LogP contribution in [-0.4, -0.2) is 18.5 Å². The number of aliphatic imine (C=N–C) groups is 1. The molecule has 84 valence electrons. The first-order valence-corrected chi connectivity index (χ1v) is 6.82. The standard InChI is InChI=1S/C10H12N4OS/c1-16(2,12)14-10(13-8-11)15-9-6-4-3-5-7-9/h3-7,12H,1-2H3. The van der Waals surface area contributed by atoms with Crippen molar-refractivity contribution in [3.8, 4) is 11.9 Å². The number of benzene rings is 1. The van der Waals surface area contributed by atoms with Crippen LogP contribution in [0.4, 0.5) is 0 Å². The van der Waals surface area contributed by atoms with E-state index in [1.54, 1.807) is 43.0 Å². The van der Waals surface area contributed by atoms with Crippen LogP contribution in [0.1, 0.15) is 0 Å². The van der Waals surface area contributed by atoms with Crippen LogP contribution < -0.4 is 4.74 Å². The van der Waals surface area contributed by atoms with Crippen LogP contribution in [0.2, 0.25) is 0 Å². The number of hydrogen-bond donors (Lipinski definition) is 1. The van der Waals surface area contributed by atoms with E-state index in [0.29, 0.717) is 5.75 Å². The van der Waals surface area contributed by atoms with Gasteiger partial charge in [0.1, 0.15) is 5.75 Å². The van der Waals surface area contributed by atoms with E-state index < -0.39 is 9.62 Å². The molecule has 0 radical (unpaired) electrons. The number of amidine groups is 1. The number of hydrogen-bond acceptors (Lipinski definition) is 4. The number of nitrogens with one attached hydrogen (secondary N) is 1. The zero-order chi connectivity index (χ0) is 12.0. The smallest absolute Gasteiger partial charge is 0.339 e. The van der Waals surface area contributed by atoms with E-state index in [-0.39, 0.29) is 6.02 Å². The lowest BCUT2D eigenvalue weighted by Crippen LogP contribution is -2.07. The molecular formula is C10H12N4OS. The van der Waals surface area contributed by atoms with Crippen molar-refractivity contribution >= 4 is 15.6 Å². The molecule has 6 heteroatoms. The van der Waals surface area contributed by atoms with Crippen LogP contribution in [0.15, 0.2) is 39.7 Å². The highest BCUT2D eigenvalue weighted by Gasteiger charge is 2.01. The van der Waals surface area contributed by atoms with Crippen LogP contribution in [-0.2, 0) is 9.62 Å². The molecule has 0 bridgehead atoms. The van der Waals surface area contributed by atoms with Crippen molar-refractivity contribution in [1.82, 2.24) is 0 Å². The van der Waals surface area contributed by atoms with E-state index in [1.807, 2.05) is 6.07 Å². The zero-order valence-electron chi connectivity index (χ0n) is 9.04. The Kier molecular flexibility index (Phi) is 4.03. The number of para-hydroxylation sites is 1. The molecule has 0 atom stereocenters. The van der Waals surface area contributed by atoms with E-state index >= 15 is 0 Å². The Bertz CT molecular complexity index is 528. The fraction of sp³-hybridized carbons (Fsp3) is 0.200. The Hall–Kier alpha value is -1.87. The Morgan fingerprint density at radius 3 is 2.50 bits per heavy atom. The summed E-state index contributed by atoms with van der Waals surface area (Å²) >= 11 is 0. The second-order valence-corrected chi connectivity index (χ2v) is 6.00. The predicted molar refractivity (Wildman–Crippen MR) is 64.5 cm³/mol. The van der Waals surface area contributed by atoms with Crippen molar-refractivity contribution in [3.63, 3.8) is 0 Å². The molecule has 0 amide bonds. The van der Waals surface area contributed by atoms with Crippen molar-refractivity contribution in [1.29, 1.82) is 10.0 Å². The van der Waals surface area contributed by atoms with Gasteiger partial charge in [0.15, 0.2) is 0 Å². The lowest BCUT2D eigenvalue weighted by atomic mass is 10.3. The Labute approximate surface area is 95.0 Å². The topological polar surface area (TPSA) is 81.6 Å². The Balaban J connectivity index is 2.97. The van der Waals surface area contributed by atoms with Gasteiger partial charge in [0.2, 0.25) is 6.19 Å². The third-order valence-electron chi connectivity index (χ3n) is 1.40. The SMILES string of the molecule is CS(C)(=N)=NC(=NC#N)Oc1ccccc1. The van der Waals surface area contributed by atoms with Gasteiger partial charge in [-0.25, -0.2) is 0 Å². The predicted octanol–water partition coefficient (Wildman–Crippen LogP) is 2.26. The van der Waals surface area contributed by atoms with E-state index in [4.69, 9.17) is 14.8 Å². The lowest BCUT2D eigenvalue weighted by Gasteiger charge is -2.04. The highest BCUT2D eigenvalue weighted by Crippen LogP contribution is 2.09. The maximum atomic E-state index is 8.48. The van der Waals surface area contributed by atoms with Crippen LogP contribution in [0.5, 0.6) is 5.75 Å². The van der Waals surface area contributed by atoms with E-state index in [9.17, 15) is 0 Å².